The molecule has 31 heavy (non-hydrogen) atoms. The summed E-state index contributed by atoms with van der Waals surface area (Å²) in [6.07, 6.45) is 7.53. The second-order valence-electron chi connectivity index (χ2n) is 8.94. The van der Waals surface area contributed by atoms with Gasteiger partial charge in [-0.05, 0) is 117 Å². The minimum Gasteiger partial charge on any atom is -0.370 e. The van der Waals surface area contributed by atoms with Gasteiger partial charge in [0.05, 0.1) is 0 Å². The molecule has 4 nitrogen and oxygen atoms in total. The molecule has 0 atom stereocenters. The normalized spacial score (nSPS) is 11.0. The lowest BCUT2D eigenvalue weighted by Gasteiger charge is -2.15. The third-order valence-corrected chi connectivity index (χ3v) is 6.12. The van der Waals surface area contributed by atoms with Crippen LogP contribution in [0.25, 0.3) is 0 Å². The molecule has 0 aromatic heterocycles. The number of nitrogens with two attached hydrogens (primary N) is 2. The van der Waals surface area contributed by atoms with Crippen LogP contribution in [-0.4, -0.2) is 11.8 Å². The molecule has 0 aliphatic carbocycles. The summed E-state index contributed by atoms with van der Waals surface area (Å²) in [5, 5.41) is 0. The van der Waals surface area contributed by atoms with Gasteiger partial charge in [0.2, 0.25) is 11.8 Å². The number of hydrogen-bond donors (Lipinski definition) is 2. The van der Waals surface area contributed by atoms with E-state index in [1.165, 1.54) is 44.5 Å². The zero-order chi connectivity index (χ0) is 23.0. The highest BCUT2D eigenvalue weighted by Gasteiger charge is 2.10. The van der Waals surface area contributed by atoms with Crippen LogP contribution < -0.4 is 11.5 Å². The van der Waals surface area contributed by atoms with Gasteiger partial charge in [-0.3, -0.25) is 9.59 Å². The molecule has 2 aromatic rings. The van der Waals surface area contributed by atoms with E-state index in [9.17, 15) is 9.59 Å². The van der Waals surface area contributed by atoms with E-state index in [4.69, 9.17) is 11.5 Å². The second kappa shape index (κ2) is 11.7. The standard InChI is InChI=1S/C27H38N2O2/c1-18-13-22(14-19(2)24(18)9-5-7-11-26(28)30)17-23-15-20(3)25(21(4)16-23)10-6-8-12-27(29)31/h13-16H,5-12,17H2,1-4H3,(H2,28,30)(H2,29,31). The van der Waals surface area contributed by atoms with E-state index in [1.54, 1.807) is 0 Å². The molecule has 0 heterocycles. The average molecular weight is 423 g/mol. The average Bonchev–Trinajstić information content (AvgIpc) is 2.65. The zero-order valence-electron chi connectivity index (χ0n) is 19.6. The molecular weight excluding hydrogens is 384 g/mol. The maximum Gasteiger partial charge on any atom is 0.217 e. The number of benzene rings is 2. The van der Waals surface area contributed by atoms with Crippen molar-refractivity contribution in [3.8, 4) is 0 Å². The first-order valence-corrected chi connectivity index (χ1v) is 11.4. The van der Waals surface area contributed by atoms with Crippen molar-refractivity contribution in [3.05, 3.63) is 68.8 Å². The molecule has 2 aromatic carbocycles. The molecule has 0 fully saturated rings. The second-order valence-corrected chi connectivity index (χ2v) is 8.94. The number of rotatable bonds is 12. The van der Waals surface area contributed by atoms with Crippen molar-refractivity contribution in [1.29, 1.82) is 0 Å². The quantitative estimate of drug-likeness (QED) is 0.476. The van der Waals surface area contributed by atoms with Crippen molar-refractivity contribution in [2.45, 2.75) is 85.5 Å². The van der Waals surface area contributed by atoms with Gasteiger partial charge in [-0.1, -0.05) is 24.3 Å². The summed E-state index contributed by atoms with van der Waals surface area (Å²) >= 11 is 0. The van der Waals surface area contributed by atoms with Crippen molar-refractivity contribution >= 4 is 11.8 Å². The number of unbranched alkanes of at least 4 members (excludes halogenated alkanes) is 2. The summed E-state index contributed by atoms with van der Waals surface area (Å²) < 4.78 is 0. The molecule has 0 bridgehead atoms. The Labute approximate surface area is 187 Å². The molecule has 0 saturated carbocycles. The Hall–Kier alpha value is -2.62. The molecule has 168 valence electrons. The van der Waals surface area contributed by atoms with Crippen LogP contribution in [0.15, 0.2) is 24.3 Å². The largest absolute Gasteiger partial charge is 0.370 e. The third kappa shape index (κ3) is 7.86. The minimum absolute atomic E-state index is 0.217. The summed E-state index contributed by atoms with van der Waals surface area (Å²) in [5.41, 5.74) is 21.3. The topological polar surface area (TPSA) is 86.2 Å². The Balaban J connectivity index is 2.05. The molecule has 2 rings (SSSR count). The van der Waals surface area contributed by atoms with E-state index in [2.05, 4.69) is 52.0 Å². The van der Waals surface area contributed by atoms with Crippen LogP contribution in [0.3, 0.4) is 0 Å². The van der Waals surface area contributed by atoms with Crippen LogP contribution in [0.2, 0.25) is 0 Å². The Kier molecular flexibility index (Phi) is 9.29. The number of hydrogen-bond acceptors (Lipinski definition) is 2. The molecule has 0 radical (unpaired) electrons. The van der Waals surface area contributed by atoms with E-state index < -0.39 is 0 Å². The first kappa shape index (κ1) is 24.6. The van der Waals surface area contributed by atoms with Gasteiger partial charge in [0, 0.05) is 12.8 Å². The van der Waals surface area contributed by atoms with Crippen molar-refractivity contribution in [3.63, 3.8) is 0 Å². The van der Waals surface area contributed by atoms with Crippen molar-refractivity contribution < 1.29 is 9.59 Å². The Morgan fingerprint density at radius 1 is 0.613 bits per heavy atom. The predicted octanol–water partition coefficient (Wildman–Crippen LogP) is 4.91. The number of carbonyl (C=O) groups is 2. The minimum atomic E-state index is -0.217. The van der Waals surface area contributed by atoms with E-state index in [1.807, 2.05) is 0 Å². The van der Waals surface area contributed by atoms with Crippen LogP contribution >= 0.6 is 0 Å². The number of aryl methyl sites for hydroxylation is 4. The SMILES string of the molecule is Cc1cc(Cc2cc(C)c(CCCCC(N)=O)c(C)c2)cc(C)c1CCCCC(N)=O. The lowest BCUT2D eigenvalue weighted by atomic mass is 9.90. The fraction of sp³-hybridized carbons (Fsp3) is 0.481. The number of primary amides is 2. The van der Waals surface area contributed by atoms with Crippen LogP contribution in [0, 0.1) is 27.7 Å². The summed E-state index contributed by atoms with van der Waals surface area (Å²) in [7, 11) is 0. The van der Waals surface area contributed by atoms with Gasteiger partial charge in [0.1, 0.15) is 0 Å². The molecule has 0 saturated heterocycles. The molecule has 0 spiro atoms. The summed E-state index contributed by atoms with van der Waals surface area (Å²) in [6, 6.07) is 9.22. The Morgan fingerprint density at radius 3 is 1.23 bits per heavy atom. The summed E-state index contributed by atoms with van der Waals surface area (Å²) in [6.45, 7) is 8.74. The smallest absolute Gasteiger partial charge is 0.217 e. The highest BCUT2D eigenvalue weighted by atomic mass is 16.1. The molecule has 0 aliphatic heterocycles. The Morgan fingerprint density at radius 2 is 0.935 bits per heavy atom. The first-order valence-electron chi connectivity index (χ1n) is 11.4. The van der Waals surface area contributed by atoms with Gasteiger partial charge in [-0.25, -0.2) is 0 Å². The maximum atomic E-state index is 10.9. The maximum absolute atomic E-state index is 10.9. The van der Waals surface area contributed by atoms with E-state index in [0.717, 1.165) is 44.9 Å². The first-order chi connectivity index (χ1) is 14.7. The lowest BCUT2D eigenvalue weighted by molar-refractivity contribution is -0.119. The zero-order valence-corrected chi connectivity index (χ0v) is 19.6. The summed E-state index contributed by atoms with van der Waals surface area (Å²) in [5.74, 6) is -0.433. The fourth-order valence-electron chi connectivity index (χ4n) is 4.60. The van der Waals surface area contributed by atoms with Crippen LogP contribution in [0.4, 0.5) is 0 Å². The van der Waals surface area contributed by atoms with Gasteiger partial charge in [-0.2, -0.15) is 0 Å². The van der Waals surface area contributed by atoms with Crippen LogP contribution in [-0.2, 0) is 28.9 Å². The van der Waals surface area contributed by atoms with Gasteiger partial charge >= 0.3 is 0 Å². The van der Waals surface area contributed by atoms with Gasteiger partial charge in [0.15, 0.2) is 0 Å². The van der Waals surface area contributed by atoms with Crippen molar-refractivity contribution in [2.24, 2.45) is 11.5 Å². The number of amides is 2. The summed E-state index contributed by atoms with van der Waals surface area (Å²) in [4.78, 5) is 21.9. The van der Waals surface area contributed by atoms with Gasteiger partial charge in [0.25, 0.3) is 0 Å². The molecule has 2 amide bonds. The van der Waals surface area contributed by atoms with Crippen LogP contribution in [0.1, 0.15) is 83.0 Å². The van der Waals surface area contributed by atoms with E-state index in [-0.39, 0.29) is 11.8 Å². The highest BCUT2D eigenvalue weighted by Crippen LogP contribution is 2.24. The highest BCUT2D eigenvalue weighted by molar-refractivity contribution is 5.73. The van der Waals surface area contributed by atoms with E-state index in [0.29, 0.717) is 12.8 Å². The van der Waals surface area contributed by atoms with Crippen molar-refractivity contribution in [2.75, 3.05) is 0 Å². The van der Waals surface area contributed by atoms with Gasteiger partial charge < -0.3 is 11.5 Å². The predicted molar refractivity (Wildman–Crippen MR) is 128 cm³/mol. The van der Waals surface area contributed by atoms with Crippen molar-refractivity contribution in [1.82, 2.24) is 0 Å². The lowest BCUT2D eigenvalue weighted by Crippen LogP contribution is -2.10. The van der Waals surface area contributed by atoms with Gasteiger partial charge in [-0.15, -0.1) is 0 Å². The van der Waals surface area contributed by atoms with Crippen LogP contribution in [0.5, 0.6) is 0 Å². The molecule has 0 unspecified atom stereocenters. The molecule has 4 heteroatoms. The third-order valence-electron chi connectivity index (χ3n) is 6.12. The monoisotopic (exact) mass is 422 g/mol. The fourth-order valence-corrected chi connectivity index (χ4v) is 4.60. The molecular formula is C27H38N2O2. The Bertz CT molecular complexity index is 809. The molecule has 0 aliphatic rings. The van der Waals surface area contributed by atoms with E-state index >= 15 is 0 Å². The molecule has 4 N–H and O–H groups in total. The number of carbonyl (C=O) groups excluding carboxylic acids is 2.